The van der Waals surface area contributed by atoms with E-state index >= 15 is 0 Å². The predicted octanol–water partition coefficient (Wildman–Crippen LogP) is 1.22. The number of phenols is 1. The third kappa shape index (κ3) is 2.90. The van der Waals surface area contributed by atoms with Gasteiger partial charge in [-0.15, -0.1) is 0 Å². The Labute approximate surface area is 152 Å². The molecule has 0 saturated carbocycles. The fourth-order valence-corrected chi connectivity index (χ4v) is 2.90. The van der Waals surface area contributed by atoms with Crippen molar-refractivity contribution in [1.29, 1.82) is 0 Å². The van der Waals surface area contributed by atoms with E-state index < -0.39 is 33.4 Å². The molecule has 140 valence electrons. The van der Waals surface area contributed by atoms with E-state index in [0.29, 0.717) is 13.0 Å². The summed E-state index contributed by atoms with van der Waals surface area (Å²) in [7, 11) is 1.30. The highest BCUT2D eigenvalue weighted by Crippen LogP contribution is 2.30. The van der Waals surface area contributed by atoms with Gasteiger partial charge in [-0.1, -0.05) is 13.0 Å². The van der Waals surface area contributed by atoms with Crippen LogP contribution in [0.5, 0.6) is 5.75 Å². The Balaban J connectivity index is 2.14. The quantitative estimate of drug-likeness (QED) is 0.468. The summed E-state index contributed by atoms with van der Waals surface area (Å²) in [6.45, 7) is 2.17. The summed E-state index contributed by atoms with van der Waals surface area (Å²) in [5.41, 5.74) is -1.61. The standard InChI is InChI=1S/C17H16N4O6/c1-3-6-20-15-13(16(24)19(2)17(20)25)14(23)10(18-15)7-9-4-5-12(22)11(8-9)21(26)27/h4-5,7-8,18,22H,3,6H2,1-2H3/b10-7+. The van der Waals surface area contributed by atoms with Gasteiger partial charge in [0.05, 0.1) is 10.6 Å². The first-order chi connectivity index (χ1) is 12.8. The van der Waals surface area contributed by atoms with Crippen LogP contribution in [0.3, 0.4) is 0 Å². The van der Waals surface area contributed by atoms with Gasteiger partial charge < -0.3 is 10.4 Å². The Hall–Kier alpha value is -3.69. The lowest BCUT2D eigenvalue weighted by Gasteiger charge is -2.11. The van der Waals surface area contributed by atoms with Crippen molar-refractivity contribution in [1.82, 2.24) is 9.13 Å². The van der Waals surface area contributed by atoms with E-state index in [-0.39, 0.29) is 22.6 Å². The molecule has 0 saturated heterocycles. The summed E-state index contributed by atoms with van der Waals surface area (Å²) in [6, 6.07) is 3.64. The number of fused-ring (bicyclic) bond motifs is 1. The monoisotopic (exact) mass is 372 g/mol. The minimum absolute atomic E-state index is 0.0116. The summed E-state index contributed by atoms with van der Waals surface area (Å²) in [5.74, 6) is -0.984. The number of hydrogen-bond acceptors (Lipinski definition) is 7. The maximum Gasteiger partial charge on any atom is 0.332 e. The summed E-state index contributed by atoms with van der Waals surface area (Å²) >= 11 is 0. The highest BCUT2D eigenvalue weighted by molar-refractivity contribution is 6.19. The summed E-state index contributed by atoms with van der Waals surface area (Å²) in [4.78, 5) is 47.6. The number of carbonyl (C=O) groups excluding carboxylic acids is 1. The first kappa shape index (κ1) is 18.1. The van der Waals surface area contributed by atoms with Gasteiger partial charge in [0.1, 0.15) is 11.4 Å². The number of aromatic nitrogens is 2. The summed E-state index contributed by atoms with van der Waals surface area (Å²) < 4.78 is 2.19. The number of carbonyl (C=O) groups is 1. The molecule has 10 heteroatoms. The molecule has 0 atom stereocenters. The lowest BCUT2D eigenvalue weighted by atomic mass is 10.1. The molecule has 3 rings (SSSR count). The minimum Gasteiger partial charge on any atom is -0.502 e. The number of hydrogen-bond donors (Lipinski definition) is 2. The molecule has 2 aromatic rings. The van der Waals surface area contributed by atoms with E-state index in [4.69, 9.17) is 0 Å². The summed E-state index contributed by atoms with van der Waals surface area (Å²) in [6.07, 6.45) is 1.94. The second-order valence-electron chi connectivity index (χ2n) is 6.04. The Morgan fingerprint density at radius 3 is 2.63 bits per heavy atom. The second-order valence-corrected chi connectivity index (χ2v) is 6.04. The highest BCUT2D eigenvalue weighted by Gasteiger charge is 2.32. The van der Waals surface area contributed by atoms with Crippen LogP contribution >= 0.6 is 0 Å². The van der Waals surface area contributed by atoms with Crippen molar-refractivity contribution in [2.75, 3.05) is 5.32 Å². The molecule has 2 heterocycles. The zero-order chi connectivity index (χ0) is 19.9. The molecule has 27 heavy (non-hydrogen) atoms. The SMILES string of the molecule is CCCn1c2c(c(=O)n(C)c1=O)C(=O)/C(=C\c1ccc(O)c([N+](=O)[O-])c1)N2. The first-order valence-corrected chi connectivity index (χ1v) is 8.11. The van der Waals surface area contributed by atoms with Crippen LogP contribution < -0.4 is 16.6 Å². The smallest absolute Gasteiger partial charge is 0.332 e. The van der Waals surface area contributed by atoms with Gasteiger partial charge in [0.15, 0.2) is 5.75 Å². The van der Waals surface area contributed by atoms with Crippen molar-refractivity contribution in [2.45, 2.75) is 19.9 Å². The number of phenolic OH excluding ortho intramolecular Hbond substituents is 1. The molecule has 0 fully saturated rings. The molecule has 0 unspecified atom stereocenters. The van der Waals surface area contributed by atoms with Gasteiger partial charge in [0.25, 0.3) is 5.56 Å². The predicted molar refractivity (Wildman–Crippen MR) is 96.9 cm³/mol. The lowest BCUT2D eigenvalue weighted by molar-refractivity contribution is -0.385. The number of ketones is 1. The molecule has 0 radical (unpaired) electrons. The fourth-order valence-electron chi connectivity index (χ4n) is 2.90. The van der Waals surface area contributed by atoms with Crippen LogP contribution in [0, 0.1) is 10.1 Å². The number of benzene rings is 1. The third-order valence-corrected chi connectivity index (χ3v) is 4.22. The zero-order valence-electron chi connectivity index (χ0n) is 14.6. The van der Waals surface area contributed by atoms with E-state index in [2.05, 4.69) is 5.32 Å². The Morgan fingerprint density at radius 2 is 2.00 bits per heavy atom. The first-order valence-electron chi connectivity index (χ1n) is 8.11. The van der Waals surface area contributed by atoms with Gasteiger partial charge in [-0.2, -0.15) is 0 Å². The van der Waals surface area contributed by atoms with Crippen molar-refractivity contribution in [3.63, 3.8) is 0 Å². The molecule has 1 aromatic heterocycles. The molecule has 1 aliphatic rings. The van der Waals surface area contributed by atoms with Gasteiger partial charge in [-0.25, -0.2) is 4.79 Å². The number of aromatic hydroxyl groups is 1. The van der Waals surface area contributed by atoms with Gasteiger partial charge in [0.2, 0.25) is 5.78 Å². The molecular formula is C17H16N4O6. The highest BCUT2D eigenvalue weighted by atomic mass is 16.6. The maximum absolute atomic E-state index is 12.7. The average molecular weight is 372 g/mol. The average Bonchev–Trinajstić information content (AvgIpc) is 2.94. The molecule has 10 nitrogen and oxygen atoms in total. The number of nitrogens with one attached hydrogen (secondary N) is 1. The van der Waals surface area contributed by atoms with Crippen LogP contribution in [-0.2, 0) is 13.6 Å². The molecule has 0 aliphatic carbocycles. The van der Waals surface area contributed by atoms with Crippen molar-refractivity contribution >= 4 is 23.4 Å². The van der Waals surface area contributed by atoms with Crippen molar-refractivity contribution in [3.8, 4) is 5.75 Å². The van der Waals surface area contributed by atoms with Crippen LogP contribution in [0.2, 0.25) is 0 Å². The van der Waals surface area contributed by atoms with Crippen LogP contribution in [0.1, 0.15) is 29.3 Å². The lowest BCUT2D eigenvalue weighted by Crippen LogP contribution is -2.40. The number of nitro groups is 1. The molecular weight excluding hydrogens is 356 g/mol. The van der Waals surface area contributed by atoms with Crippen LogP contribution in [0.15, 0.2) is 33.5 Å². The van der Waals surface area contributed by atoms with Gasteiger partial charge in [-0.05, 0) is 24.1 Å². The van der Waals surface area contributed by atoms with E-state index in [9.17, 15) is 29.6 Å². The van der Waals surface area contributed by atoms with E-state index in [1.54, 1.807) is 0 Å². The fraction of sp³-hybridized carbons (Fsp3) is 0.235. The van der Waals surface area contributed by atoms with Crippen LogP contribution in [-0.4, -0.2) is 24.9 Å². The van der Waals surface area contributed by atoms with E-state index in [1.807, 2.05) is 6.92 Å². The number of rotatable bonds is 4. The normalized spacial score (nSPS) is 14.3. The van der Waals surface area contributed by atoms with Gasteiger partial charge >= 0.3 is 11.4 Å². The minimum atomic E-state index is -0.745. The zero-order valence-corrected chi connectivity index (χ0v) is 14.6. The Kier molecular flexibility index (Phi) is 4.40. The molecule has 2 N–H and O–H groups in total. The largest absolute Gasteiger partial charge is 0.502 e. The van der Waals surface area contributed by atoms with Crippen molar-refractivity contribution in [2.24, 2.45) is 7.05 Å². The van der Waals surface area contributed by atoms with Crippen molar-refractivity contribution in [3.05, 3.63) is 66.0 Å². The number of allylic oxidation sites excluding steroid dienone is 1. The topological polar surface area (TPSA) is 136 Å². The van der Waals surface area contributed by atoms with Gasteiger partial charge in [0, 0.05) is 19.7 Å². The Morgan fingerprint density at radius 1 is 1.30 bits per heavy atom. The molecule has 0 amide bonds. The second kappa shape index (κ2) is 6.56. The van der Waals surface area contributed by atoms with Crippen LogP contribution in [0.25, 0.3) is 6.08 Å². The third-order valence-electron chi connectivity index (χ3n) is 4.22. The molecule has 0 spiro atoms. The van der Waals surface area contributed by atoms with Gasteiger partial charge in [-0.3, -0.25) is 28.8 Å². The number of nitrogens with zero attached hydrogens (tertiary/aromatic N) is 3. The molecule has 0 bridgehead atoms. The van der Waals surface area contributed by atoms with E-state index in [0.717, 1.165) is 16.7 Å². The summed E-state index contributed by atoms with van der Waals surface area (Å²) in [5, 5.41) is 23.3. The maximum atomic E-state index is 12.7. The van der Waals surface area contributed by atoms with Crippen LogP contribution in [0.4, 0.5) is 11.5 Å². The molecule has 1 aliphatic heterocycles. The van der Waals surface area contributed by atoms with E-state index in [1.165, 1.54) is 23.8 Å². The number of Topliss-reactive ketones (excluding diaryl/α,β-unsaturated/α-hetero) is 1. The van der Waals surface area contributed by atoms with Crippen molar-refractivity contribution < 1.29 is 14.8 Å². The molecule has 1 aromatic carbocycles. The number of anilines is 1. The number of nitro benzene ring substituents is 1. The Bertz CT molecular complexity index is 1130.